The second kappa shape index (κ2) is 4.14. The lowest BCUT2D eigenvalue weighted by molar-refractivity contribution is 0.0138. The Morgan fingerprint density at radius 3 is 2.40 bits per heavy atom. The van der Waals surface area contributed by atoms with Gasteiger partial charge in [0.1, 0.15) is 5.75 Å². The Kier molecular flexibility index (Phi) is 3.29. The second-order valence-electron chi connectivity index (χ2n) is 3.60. The van der Waals surface area contributed by atoms with Crippen molar-refractivity contribution >= 4 is 0 Å². The van der Waals surface area contributed by atoms with E-state index >= 15 is 0 Å². The van der Waals surface area contributed by atoms with Crippen molar-refractivity contribution in [3.8, 4) is 5.75 Å². The van der Waals surface area contributed by atoms with Gasteiger partial charge in [-0.3, -0.25) is 0 Å². The van der Waals surface area contributed by atoms with Crippen LogP contribution in [-0.4, -0.2) is 7.11 Å². The Hall–Kier alpha value is -1.16. The summed E-state index contributed by atoms with van der Waals surface area (Å²) < 4.78 is 31.7. The maximum Gasteiger partial charge on any atom is 0.274 e. The Labute approximate surface area is 88.0 Å². The van der Waals surface area contributed by atoms with E-state index in [1.54, 1.807) is 19.1 Å². The van der Waals surface area contributed by atoms with Gasteiger partial charge in [0.05, 0.1) is 12.7 Å². The number of hydrogen-bond acceptors (Lipinski definition) is 2. The van der Waals surface area contributed by atoms with Crippen LogP contribution < -0.4 is 10.5 Å². The van der Waals surface area contributed by atoms with Gasteiger partial charge in [-0.05, 0) is 18.6 Å². The number of methoxy groups -OCH3 is 1. The Morgan fingerprint density at radius 1 is 1.40 bits per heavy atom. The number of hydrogen-bond donors (Lipinski definition) is 1. The summed E-state index contributed by atoms with van der Waals surface area (Å²) in [7, 11) is 1.37. The van der Waals surface area contributed by atoms with E-state index in [4.69, 9.17) is 10.5 Å². The zero-order valence-electron chi connectivity index (χ0n) is 9.05. The standard InChI is InChI=1S/C11H15F2NO/c1-7(14)8-5-4-6-9(15-3)10(8)11(2,12)13/h4-7H,14H2,1-3H3. The topological polar surface area (TPSA) is 35.2 Å². The first kappa shape index (κ1) is 11.9. The molecule has 1 unspecified atom stereocenters. The summed E-state index contributed by atoms with van der Waals surface area (Å²) in [5.74, 6) is -2.77. The average Bonchev–Trinajstić information content (AvgIpc) is 2.15. The van der Waals surface area contributed by atoms with Crippen LogP contribution >= 0.6 is 0 Å². The molecule has 0 fully saturated rings. The maximum absolute atomic E-state index is 13.4. The minimum absolute atomic E-state index is 0.123. The first-order valence-corrected chi connectivity index (χ1v) is 4.68. The van der Waals surface area contributed by atoms with Gasteiger partial charge < -0.3 is 10.5 Å². The van der Waals surface area contributed by atoms with Crippen molar-refractivity contribution in [1.29, 1.82) is 0 Å². The lowest BCUT2D eigenvalue weighted by atomic mass is 9.97. The highest BCUT2D eigenvalue weighted by molar-refractivity contribution is 5.44. The van der Waals surface area contributed by atoms with E-state index in [1.807, 2.05) is 0 Å². The van der Waals surface area contributed by atoms with Crippen molar-refractivity contribution in [2.24, 2.45) is 5.73 Å². The lowest BCUT2D eigenvalue weighted by Gasteiger charge is -2.20. The molecule has 0 bridgehead atoms. The Balaban J connectivity index is 3.41. The summed E-state index contributed by atoms with van der Waals surface area (Å²) in [6, 6.07) is 4.33. The molecule has 0 radical (unpaired) electrons. The van der Waals surface area contributed by atoms with Gasteiger partial charge in [0.2, 0.25) is 0 Å². The number of alkyl halides is 2. The molecule has 0 saturated heterocycles. The van der Waals surface area contributed by atoms with Crippen LogP contribution in [0.3, 0.4) is 0 Å². The minimum Gasteiger partial charge on any atom is -0.496 e. The van der Waals surface area contributed by atoms with E-state index in [-0.39, 0.29) is 11.3 Å². The molecule has 0 aliphatic carbocycles. The molecular weight excluding hydrogens is 200 g/mol. The highest BCUT2D eigenvalue weighted by Crippen LogP contribution is 2.38. The molecular formula is C11H15F2NO. The van der Waals surface area contributed by atoms with Crippen LogP contribution in [0.1, 0.15) is 31.0 Å². The van der Waals surface area contributed by atoms with Crippen molar-refractivity contribution in [1.82, 2.24) is 0 Å². The van der Waals surface area contributed by atoms with Crippen molar-refractivity contribution in [2.45, 2.75) is 25.8 Å². The van der Waals surface area contributed by atoms with E-state index in [2.05, 4.69) is 0 Å². The van der Waals surface area contributed by atoms with E-state index < -0.39 is 12.0 Å². The van der Waals surface area contributed by atoms with Crippen molar-refractivity contribution in [2.75, 3.05) is 7.11 Å². The van der Waals surface area contributed by atoms with Gasteiger partial charge in [-0.15, -0.1) is 0 Å². The van der Waals surface area contributed by atoms with Gasteiger partial charge in [0, 0.05) is 13.0 Å². The summed E-state index contributed by atoms with van der Waals surface area (Å²) in [5, 5.41) is 0. The molecule has 1 aromatic rings. The third-order valence-corrected chi connectivity index (χ3v) is 2.21. The third-order valence-electron chi connectivity index (χ3n) is 2.21. The summed E-state index contributed by atoms with van der Waals surface area (Å²) in [4.78, 5) is 0. The molecule has 2 N–H and O–H groups in total. The fourth-order valence-electron chi connectivity index (χ4n) is 1.57. The minimum atomic E-state index is -2.95. The molecule has 15 heavy (non-hydrogen) atoms. The summed E-state index contributed by atoms with van der Waals surface area (Å²) in [6.07, 6.45) is 0. The molecule has 0 spiro atoms. The molecule has 0 aliphatic rings. The zero-order chi connectivity index (χ0) is 11.6. The Morgan fingerprint density at radius 2 is 2.00 bits per heavy atom. The molecule has 4 heteroatoms. The maximum atomic E-state index is 13.4. The second-order valence-corrected chi connectivity index (χ2v) is 3.60. The van der Waals surface area contributed by atoms with Gasteiger partial charge in [0.25, 0.3) is 5.92 Å². The number of nitrogens with two attached hydrogens (primary N) is 1. The molecule has 1 atom stereocenters. The van der Waals surface area contributed by atoms with E-state index in [1.165, 1.54) is 13.2 Å². The Bertz CT molecular complexity index is 345. The van der Waals surface area contributed by atoms with E-state index in [9.17, 15) is 8.78 Å². The SMILES string of the molecule is COc1cccc(C(C)N)c1C(C)(F)F. The molecule has 0 aromatic heterocycles. The fourth-order valence-corrected chi connectivity index (χ4v) is 1.57. The first-order chi connectivity index (χ1) is 6.88. The van der Waals surface area contributed by atoms with Crippen LogP contribution in [0.2, 0.25) is 0 Å². The third kappa shape index (κ3) is 2.45. The number of rotatable bonds is 3. The first-order valence-electron chi connectivity index (χ1n) is 4.68. The summed E-state index contributed by atoms with van der Waals surface area (Å²) in [6.45, 7) is 2.51. The molecule has 1 rings (SSSR count). The van der Waals surface area contributed by atoms with Crippen molar-refractivity contribution in [3.63, 3.8) is 0 Å². The normalized spacial score (nSPS) is 13.7. The number of benzene rings is 1. The van der Waals surface area contributed by atoms with E-state index in [0.29, 0.717) is 5.56 Å². The zero-order valence-corrected chi connectivity index (χ0v) is 9.05. The highest BCUT2D eigenvalue weighted by Gasteiger charge is 2.32. The monoisotopic (exact) mass is 215 g/mol. The van der Waals surface area contributed by atoms with Crippen molar-refractivity contribution < 1.29 is 13.5 Å². The van der Waals surface area contributed by atoms with E-state index in [0.717, 1.165) is 6.92 Å². The summed E-state index contributed by atoms with van der Waals surface area (Å²) in [5.41, 5.74) is 5.94. The molecule has 2 nitrogen and oxygen atoms in total. The van der Waals surface area contributed by atoms with Crippen LogP contribution in [0.4, 0.5) is 8.78 Å². The number of ether oxygens (including phenoxy) is 1. The molecule has 0 aliphatic heterocycles. The van der Waals surface area contributed by atoms with Gasteiger partial charge in [-0.1, -0.05) is 12.1 Å². The van der Waals surface area contributed by atoms with Crippen molar-refractivity contribution in [3.05, 3.63) is 29.3 Å². The molecule has 0 amide bonds. The van der Waals surface area contributed by atoms with Gasteiger partial charge >= 0.3 is 0 Å². The fraction of sp³-hybridized carbons (Fsp3) is 0.455. The van der Waals surface area contributed by atoms with Gasteiger partial charge in [-0.25, -0.2) is 8.78 Å². The van der Waals surface area contributed by atoms with Crippen LogP contribution in [0.15, 0.2) is 18.2 Å². The molecule has 0 saturated carbocycles. The average molecular weight is 215 g/mol. The molecule has 0 heterocycles. The van der Waals surface area contributed by atoms with Gasteiger partial charge in [0.15, 0.2) is 0 Å². The smallest absolute Gasteiger partial charge is 0.274 e. The largest absolute Gasteiger partial charge is 0.496 e. The summed E-state index contributed by atoms with van der Waals surface area (Å²) >= 11 is 0. The predicted molar refractivity (Wildman–Crippen MR) is 55.2 cm³/mol. The predicted octanol–water partition coefficient (Wildman–Crippen LogP) is 2.83. The van der Waals surface area contributed by atoms with Crippen LogP contribution in [0, 0.1) is 0 Å². The molecule has 1 aromatic carbocycles. The van der Waals surface area contributed by atoms with Gasteiger partial charge in [-0.2, -0.15) is 0 Å². The lowest BCUT2D eigenvalue weighted by Crippen LogP contribution is -2.17. The van der Waals surface area contributed by atoms with Crippen LogP contribution in [0.25, 0.3) is 0 Å². The van der Waals surface area contributed by atoms with Crippen LogP contribution in [0.5, 0.6) is 5.75 Å². The molecule has 84 valence electrons. The van der Waals surface area contributed by atoms with Crippen LogP contribution in [-0.2, 0) is 5.92 Å². The highest BCUT2D eigenvalue weighted by atomic mass is 19.3. The quantitative estimate of drug-likeness (QED) is 0.841. The number of halogens is 2.